The van der Waals surface area contributed by atoms with E-state index in [9.17, 15) is 13.2 Å². The van der Waals surface area contributed by atoms with Crippen LogP contribution in [0.15, 0.2) is 5.16 Å². The molecule has 0 aromatic rings. The number of nitrogens with two attached hydrogens (primary N) is 1. The molecule has 0 saturated heterocycles. The predicted octanol–water partition coefficient (Wildman–Crippen LogP) is -0.546. The van der Waals surface area contributed by atoms with Crippen LogP contribution in [0.1, 0.15) is 25.7 Å². The van der Waals surface area contributed by atoms with E-state index in [2.05, 4.69) is 10.5 Å². The van der Waals surface area contributed by atoms with Gasteiger partial charge in [0.25, 0.3) is 0 Å². The van der Waals surface area contributed by atoms with E-state index in [0.29, 0.717) is 19.3 Å². The van der Waals surface area contributed by atoms with Crippen LogP contribution in [0.3, 0.4) is 0 Å². The monoisotopic (exact) mass is 277 g/mol. The van der Waals surface area contributed by atoms with Crippen molar-refractivity contribution in [1.29, 1.82) is 0 Å². The van der Waals surface area contributed by atoms with Gasteiger partial charge in [-0.25, -0.2) is 8.42 Å². The molecule has 1 amide bonds. The Labute approximate surface area is 106 Å². The maximum atomic E-state index is 11.9. The summed E-state index contributed by atoms with van der Waals surface area (Å²) in [6.45, 7) is 0.270. The van der Waals surface area contributed by atoms with Crippen molar-refractivity contribution in [3.8, 4) is 0 Å². The Balaban J connectivity index is 2.45. The Morgan fingerprint density at radius 3 is 2.50 bits per heavy atom. The smallest absolute Gasteiger partial charge is 0.233 e. The van der Waals surface area contributed by atoms with Crippen LogP contribution in [-0.2, 0) is 14.6 Å². The Bertz CT molecular complexity index is 440. The van der Waals surface area contributed by atoms with E-state index in [1.807, 2.05) is 0 Å². The molecule has 0 spiro atoms. The summed E-state index contributed by atoms with van der Waals surface area (Å²) in [5, 5.41) is 14.2. The molecule has 0 aliphatic heterocycles. The first-order valence-electron chi connectivity index (χ1n) is 5.76. The zero-order valence-electron chi connectivity index (χ0n) is 10.3. The highest BCUT2D eigenvalue weighted by Gasteiger charge is 2.48. The molecule has 1 aliphatic rings. The van der Waals surface area contributed by atoms with Crippen molar-refractivity contribution in [1.82, 2.24) is 5.32 Å². The number of oxime groups is 1. The second-order valence-electron chi connectivity index (χ2n) is 4.66. The number of carbonyl (C=O) groups is 1. The first-order valence-corrected chi connectivity index (χ1v) is 7.82. The molecule has 104 valence electrons. The van der Waals surface area contributed by atoms with E-state index < -0.39 is 15.3 Å². The second kappa shape index (κ2) is 5.55. The summed E-state index contributed by atoms with van der Waals surface area (Å²) in [7, 11) is -3.01. The molecule has 1 rings (SSSR count). The van der Waals surface area contributed by atoms with Gasteiger partial charge in [-0.3, -0.25) is 4.79 Å². The molecule has 0 unspecified atom stereocenters. The van der Waals surface area contributed by atoms with Crippen LogP contribution in [0.5, 0.6) is 0 Å². The average molecular weight is 277 g/mol. The van der Waals surface area contributed by atoms with Crippen molar-refractivity contribution in [2.24, 2.45) is 16.3 Å². The average Bonchev–Trinajstić information content (AvgIpc) is 2.21. The zero-order valence-corrected chi connectivity index (χ0v) is 11.2. The van der Waals surface area contributed by atoms with Crippen molar-refractivity contribution in [3.63, 3.8) is 0 Å². The first kappa shape index (κ1) is 14.7. The van der Waals surface area contributed by atoms with Gasteiger partial charge >= 0.3 is 0 Å². The van der Waals surface area contributed by atoms with Gasteiger partial charge in [0.05, 0.1) is 5.75 Å². The lowest BCUT2D eigenvalue weighted by atomic mass is 9.67. The number of nitrogens with one attached hydrogen (secondary N) is 1. The predicted molar refractivity (Wildman–Crippen MR) is 67.0 cm³/mol. The van der Waals surface area contributed by atoms with Gasteiger partial charge in [-0.05, 0) is 19.3 Å². The van der Waals surface area contributed by atoms with Crippen molar-refractivity contribution < 1.29 is 18.4 Å². The van der Waals surface area contributed by atoms with Crippen LogP contribution in [0.25, 0.3) is 0 Å². The maximum absolute atomic E-state index is 11.9. The topological polar surface area (TPSA) is 122 Å². The van der Waals surface area contributed by atoms with Crippen LogP contribution < -0.4 is 11.1 Å². The Kier molecular flexibility index (Phi) is 4.55. The summed E-state index contributed by atoms with van der Waals surface area (Å²) in [5.41, 5.74) is 4.63. The van der Waals surface area contributed by atoms with Crippen molar-refractivity contribution >= 4 is 21.6 Å². The van der Waals surface area contributed by atoms with Gasteiger partial charge in [0.2, 0.25) is 5.91 Å². The molecule has 0 atom stereocenters. The summed E-state index contributed by atoms with van der Waals surface area (Å²) in [5.74, 6) is -0.337. The lowest BCUT2D eigenvalue weighted by Gasteiger charge is -2.38. The standard InChI is InChI=1S/C10H19N3O4S/c1-18(16,17)7-3-6-12-9(14)10(4-2-5-10)8(11)13-15/h15H,2-7H2,1H3,(H2,11,13)(H,12,14). The highest BCUT2D eigenvalue weighted by atomic mass is 32.2. The third-order valence-electron chi connectivity index (χ3n) is 3.22. The highest BCUT2D eigenvalue weighted by Crippen LogP contribution is 2.41. The number of amides is 1. The fourth-order valence-electron chi connectivity index (χ4n) is 1.93. The largest absolute Gasteiger partial charge is 0.409 e. The fourth-order valence-corrected chi connectivity index (χ4v) is 2.60. The molecule has 1 fully saturated rings. The zero-order chi connectivity index (χ0) is 13.8. The Morgan fingerprint density at radius 1 is 1.50 bits per heavy atom. The van der Waals surface area contributed by atoms with E-state index in [1.165, 1.54) is 0 Å². The molecule has 0 bridgehead atoms. The van der Waals surface area contributed by atoms with E-state index in [0.717, 1.165) is 12.7 Å². The Morgan fingerprint density at radius 2 is 2.11 bits per heavy atom. The lowest BCUT2D eigenvalue weighted by Crippen LogP contribution is -2.54. The molecular weight excluding hydrogens is 258 g/mol. The minimum absolute atomic E-state index is 0.0316. The third kappa shape index (κ3) is 3.34. The maximum Gasteiger partial charge on any atom is 0.233 e. The highest BCUT2D eigenvalue weighted by molar-refractivity contribution is 7.90. The van der Waals surface area contributed by atoms with Crippen molar-refractivity contribution in [3.05, 3.63) is 0 Å². The van der Waals surface area contributed by atoms with Crippen LogP contribution in [0.4, 0.5) is 0 Å². The van der Waals surface area contributed by atoms with Gasteiger partial charge in [-0.2, -0.15) is 0 Å². The van der Waals surface area contributed by atoms with Crippen LogP contribution in [0.2, 0.25) is 0 Å². The number of nitrogens with zero attached hydrogens (tertiary/aromatic N) is 1. The lowest BCUT2D eigenvalue weighted by molar-refractivity contribution is -0.131. The van der Waals surface area contributed by atoms with Gasteiger partial charge in [0, 0.05) is 12.8 Å². The van der Waals surface area contributed by atoms with Crippen molar-refractivity contribution in [2.45, 2.75) is 25.7 Å². The number of rotatable bonds is 6. The molecule has 1 aliphatic carbocycles. The van der Waals surface area contributed by atoms with Crippen molar-refractivity contribution in [2.75, 3.05) is 18.6 Å². The van der Waals surface area contributed by atoms with E-state index in [1.54, 1.807) is 0 Å². The summed E-state index contributed by atoms with van der Waals surface area (Å²) in [4.78, 5) is 11.9. The Hall–Kier alpha value is -1.31. The molecule has 0 aromatic heterocycles. The van der Waals surface area contributed by atoms with Gasteiger partial charge in [-0.1, -0.05) is 11.6 Å². The van der Waals surface area contributed by atoms with E-state index in [-0.39, 0.29) is 24.0 Å². The van der Waals surface area contributed by atoms with E-state index in [4.69, 9.17) is 10.9 Å². The molecule has 4 N–H and O–H groups in total. The minimum atomic E-state index is -3.01. The third-order valence-corrected chi connectivity index (χ3v) is 4.25. The molecular formula is C10H19N3O4S. The van der Waals surface area contributed by atoms with Gasteiger partial charge in [-0.15, -0.1) is 0 Å². The normalized spacial score (nSPS) is 19.1. The van der Waals surface area contributed by atoms with Crippen LogP contribution in [0, 0.1) is 5.41 Å². The summed E-state index contributed by atoms with van der Waals surface area (Å²) >= 11 is 0. The van der Waals surface area contributed by atoms with Crippen LogP contribution in [-0.4, -0.2) is 43.9 Å². The number of hydrogen-bond donors (Lipinski definition) is 3. The molecule has 8 heteroatoms. The summed E-state index contributed by atoms with van der Waals surface area (Å²) < 4.78 is 21.8. The fraction of sp³-hybridized carbons (Fsp3) is 0.800. The molecule has 0 aromatic carbocycles. The van der Waals surface area contributed by atoms with Gasteiger partial charge < -0.3 is 16.3 Å². The molecule has 1 saturated carbocycles. The molecule has 0 heterocycles. The van der Waals surface area contributed by atoms with Crippen LogP contribution >= 0.6 is 0 Å². The molecule has 18 heavy (non-hydrogen) atoms. The first-order chi connectivity index (χ1) is 8.32. The number of carbonyl (C=O) groups excluding carboxylic acids is 1. The number of amidine groups is 1. The summed E-state index contributed by atoms with van der Waals surface area (Å²) in [6.07, 6.45) is 3.48. The number of hydrogen-bond acceptors (Lipinski definition) is 5. The van der Waals surface area contributed by atoms with Gasteiger partial charge in [0.15, 0.2) is 5.84 Å². The molecule has 0 radical (unpaired) electrons. The summed E-state index contributed by atoms with van der Waals surface area (Å²) in [6, 6.07) is 0. The SMILES string of the molecule is CS(=O)(=O)CCCNC(=O)C1(C(N)=NO)CCC1. The second-order valence-corrected chi connectivity index (χ2v) is 6.92. The number of sulfone groups is 1. The minimum Gasteiger partial charge on any atom is -0.409 e. The van der Waals surface area contributed by atoms with E-state index >= 15 is 0 Å². The molecule has 7 nitrogen and oxygen atoms in total. The van der Waals surface area contributed by atoms with Gasteiger partial charge in [0.1, 0.15) is 15.3 Å². The quantitative estimate of drug-likeness (QED) is 0.198.